The number of aromatic nitrogens is 2. The van der Waals surface area contributed by atoms with Crippen molar-refractivity contribution in [1.29, 1.82) is 0 Å². The van der Waals surface area contributed by atoms with E-state index >= 15 is 0 Å². The summed E-state index contributed by atoms with van der Waals surface area (Å²) in [5.74, 6) is 0. The van der Waals surface area contributed by atoms with Crippen LogP contribution in [-0.4, -0.2) is 9.97 Å². The Morgan fingerprint density at radius 2 is 1.29 bits per heavy atom. The third-order valence-electron chi connectivity index (χ3n) is 4.28. The number of benzene rings is 2. The van der Waals surface area contributed by atoms with Crippen LogP contribution in [0, 0.1) is 13.8 Å². The van der Waals surface area contributed by atoms with Crippen molar-refractivity contribution in [1.82, 2.24) is 9.97 Å². The van der Waals surface area contributed by atoms with Gasteiger partial charge in [0.05, 0.1) is 11.4 Å². The molecule has 2 nitrogen and oxygen atoms in total. The third kappa shape index (κ3) is 1.32. The molecule has 0 fully saturated rings. The van der Waals surface area contributed by atoms with E-state index in [0.29, 0.717) is 0 Å². The number of fused-ring (bicyclic) bond motifs is 4. The van der Waals surface area contributed by atoms with Gasteiger partial charge in [-0.15, -0.1) is 11.3 Å². The first-order valence-corrected chi connectivity index (χ1v) is 7.86. The highest BCUT2D eigenvalue weighted by molar-refractivity contribution is 7.13. The Labute approximate surface area is 126 Å². The molecule has 1 aliphatic rings. The second-order valence-corrected chi connectivity index (χ2v) is 6.97. The topological polar surface area (TPSA) is 25.8 Å². The molecule has 0 saturated heterocycles. The van der Waals surface area contributed by atoms with Gasteiger partial charge in [-0.05, 0) is 19.2 Å². The van der Waals surface area contributed by atoms with Crippen LogP contribution < -0.4 is 0 Å². The van der Waals surface area contributed by atoms with Crippen molar-refractivity contribution < 1.29 is 0 Å². The van der Waals surface area contributed by atoms with Crippen LogP contribution >= 0.6 is 11.3 Å². The van der Waals surface area contributed by atoms with Gasteiger partial charge in [0.25, 0.3) is 0 Å². The van der Waals surface area contributed by atoms with Crippen LogP contribution in [0.25, 0.3) is 44.3 Å². The molecule has 5 rings (SSSR count). The maximum atomic E-state index is 4.96. The van der Waals surface area contributed by atoms with E-state index in [4.69, 9.17) is 9.97 Å². The van der Waals surface area contributed by atoms with Crippen LogP contribution in [0.3, 0.4) is 0 Å². The molecular formula is C18H12N2S. The van der Waals surface area contributed by atoms with Gasteiger partial charge in [-0.1, -0.05) is 36.4 Å². The molecule has 100 valence electrons. The molecule has 2 heterocycles. The Morgan fingerprint density at radius 1 is 0.762 bits per heavy atom. The Balaban J connectivity index is 2.02. The molecule has 0 radical (unpaired) electrons. The minimum atomic E-state index is 1.04. The van der Waals surface area contributed by atoms with Gasteiger partial charge in [0.15, 0.2) is 0 Å². The predicted molar refractivity (Wildman–Crippen MR) is 88.8 cm³/mol. The molecule has 0 aliphatic heterocycles. The van der Waals surface area contributed by atoms with E-state index < -0.39 is 0 Å². The van der Waals surface area contributed by atoms with Gasteiger partial charge in [-0.2, -0.15) is 0 Å². The van der Waals surface area contributed by atoms with E-state index in [0.717, 1.165) is 22.4 Å². The maximum Gasteiger partial charge on any atom is 0.103 e. The molecule has 4 aromatic rings. The first kappa shape index (κ1) is 11.4. The summed E-state index contributed by atoms with van der Waals surface area (Å²) in [7, 11) is 0. The molecule has 0 spiro atoms. The van der Waals surface area contributed by atoms with Gasteiger partial charge in [-0.3, -0.25) is 0 Å². The molecule has 0 N–H and O–H groups in total. The van der Waals surface area contributed by atoms with Crippen molar-refractivity contribution in [3.8, 4) is 22.5 Å². The van der Waals surface area contributed by atoms with Crippen molar-refractivity contribution >= 4 is 33.1 Å². The lowest BCUT2D eigenvalue weighted by Gasteiger charge is -2.01. The molecule has 0 amide bonds. The lowest BCUT2D eigenvalue weighted by molar-refractivity contribution is 1.31. The Hall–Kier alpha value is -2.26. The van der Waals surface area contributed by atoms with Crippen LogP contribution in [0.4, 0.5) is 0 Å². The monoisotopic (exact) mass is 288 g/mol. The Kier molecular flexibility index (Phi) is 2.00. The van der Waals surface area contributed by atoms with Crippen molar-refractivity contribution in [2.45, 2.75) is 13.8 Å². The summed E-state index contributed by atoms with van der Waals surface area (Å²) in [6.07, 6.45) is 0. The van der Waals surface area contributed by atoms with E-state index in [2.05, 4.69) is 50.2 Å². The minimum Gasteiger partial charge on any atom is -0.243 e. The molecule has 21 heavy (non-hydrogen) atoms. The number of hydrogen-bond donors (Lipinski definition) is 0. The van der Waals surface area contributed by atoms with E-state index in [1.54, 1.807) is 11.3 Å². The summed E-state index contributed by atoms with van der Waals surface area (Å²) in [6, 6.07) is 12.8. The number of thiophene rings is 1. The predicted octanol–water partition coefficient (Wildman–Crippen LogP) is 5.11. The molecular weight excluding hydrogens is 276 g/mol. The molecule has 0 saturated carbocycles. The number of rotatable bonds is 0. The van der Waals surface area contributed by atoms with Crippen LogP contribution in [0.2, 0.25) is 0 Å². The first-order chi connectivity index (χ1) is 10.2. The highest BCUT2D eigenvalue weighted by Crippen LogP contribution is 2.46. The maximum absolute atomic E-state index is 4.96. The normalized spacial score (nSPS) is 12.3. The zero-order valence-corrected chi connectivity index (χ0v) is 12.6. The largest absolute Gasteiger partial charge is 0.243 e. The molecule has 1 aliphatic carbocycles. The van der Waals surface area contributed by atoms with E-state index in [1.807, 2.05) is 0 Å². The average molecular weight is 288 g/mol. The molecule has 0 unspecified atom stereocenters. The number of hydrogen-bond acceptors (Lipinski definition) is 3. The molecule has 0 atom stereocenters. The second kappa shape index (κ2) is 3.68. The summed E-state index contributed by atoms with van der Waals surface area (Å²) in [5.41, 5.74) is 6.62. The first-order valence-electron chi connectivity index (χ1n) is 7.04. The zero-order valence-electron chi connectivity index (χ0n) is 11.8. The third-order valence-corrected chi connectivity index (χ3v) is 5.28. The highest BCUT2D eigenvalue weighted by atomic mass is 32.1. The second-order valence-electron chi connectivity index (χ2n) is 5.54. The fourth-order valence-corrected chi connectivity index (χ4v) is 4.30. The summed E-state index contributed by atoms with van der Waals surface area (Å²) in [6.45, 7) is 4.26. The smallest absolute Gasteiger partial charge is 0.103 e. The van der Waals surface area contributed by atoms with Crippen molar-refractivity contribution in [2.75, 3.05) is 0 Å². The summed E-state index contributed by atoms with van der Waals surface area (Å²) in [5, 5.41) is 2.56. The average Bonchev–Trinajstić information content (AvgIpc) is 2.96. The van der Waals surface area contributed by atoms with Gasteiger partial charge >= 0.3 is 0 Å². The summed E-state index contributed by atoms with van der Waals surface area (Å²) < 4.78 is 0. The minimum absolute atomic E-state index is 1.04. The summed E-state index contributed by atoms with van der Waals surface area (Å²) in [4.78, 5) is 12.4. The summed E-state index contributed by atoms with van der Waals surface area (Å²) >= 11 is 1.78. The van der Waals surface area contributed by atoms with Gasteiger partial charge in [0.1, 0.15) is 11.0 Å². The van der Waals surface area contributed by atoms with Crippen LogP contribution in [-0.2, 0) is 0 Å². The molecule has 3 heteroatoms. The quantitative estimate of drug-likeness (QED) is 0.396. The van der Waals surface area contributed by atoms with E-state index in [1.165, 1.54) is 31.7 Å². The van der Waals surface area contributed by atoms with Gasteiger partial charge in [-0.25, -0.2) is 9.97 Å². The fourth-order valence-electron chi connectivity index (χ4n) is 3.36. The van der Waals surface area contributed by atoms with Gasteiger partial charge < -0.3 is 0 Å². The van der Waals surface area contributed by atoms with Crippen LogP contribution in [0.15, 0.2) is 36.4 Å². The molecule has 2 aromatic heterocycles. The Morgan fingerprint density at radius 3 is 1.81 bits per heavy atom. The Bertz CT molecular complexity index is 981. The lowest BCUT2D eigenvalue weighted by Crippen LogP contribution is -1.89. The highest BCUT2D eigenvalue weighted by Gasteiger charge is 2.25. The zero-order chi connectivity index (χ0) is 14.1. The van der Waals surface area contributed by atoms with Gasteiger partial charge in [0.2, 0.25) is 0 Å². The standard InChI is InChI=1S/C18H12N2S/c1-9-15-16(10(2)21-9)20-18-13-8-4-6-11-5-3-7-12(14(11)13)17(18)19-15/h3-8H,1-2H3. The number of nitrogens with zero attached hydrogens (tertiary/aromatic N) is 2. The van der Waals surface area contributed by atoms with Crippen molar-refractivity contribution in [3.63, 3.8) is 0 Å². The van der Waals surface area contributed by atoms with Crippen LogP contribution in [0.1, 0.15) is 9.75 Å². The van der Waals surface area contributed by atoms with Crippen molar-refractivity contribution in [3.05, 3.63) is 46.2 Å². The van der Waals surface area contributed by atoms with E-state index in [9.17, 15) is 0 Å². The van der Waals surface area contributed by atoms with Crippen LogP contribution in [0.5, 0.6) is 0 Å². The fraction of sp³-hybridized carbons (Fsp3) is 0.111. The van der Waals surface area contributed by atoms with E-state index in [-0.39, 0.29) is 0 Å². The SMILES string of the molecule is Cc1sc(C)c2nc3c(nc12)-c1cccc2cccc-3c12. The molecule has 2 aromatic carbocycles. The lowest BCUT2D eigenvalue weighted by atomic mass is 10.0. The molecule has 0 bridgehead atoms. The number of aryl methyl sites for hydroxylation is 2. The van der Waals surface area contributed by atoms with Gasteiger partial charge in [0, 0.05) is 26.3 Å². The van der Waals surface area contributed by atoms with Crippen molar-refractivity contribution in [2.24, 2.45) is 0 Å².